The van der Waals surface area contributed by atoms with Crippen LogP contribution in [0.25, 0.3) is 0 Å². The Morgan fingerprint density at radius 2 is 0.633 bits per heavy atom. The molecule has 0 aliphatic rings. The van der Waals surface area contributed by atoms with Gasteiger partial charge in [-0.3, -0.25) is 9.59 Å². The number of hydrogen-bond acceptors (Lipinski definition) is 5. The van der Waals surface area contributed by atoms with Gasteiger partial charge in [-0.15, -0.1) is 0 Å². The first-order chi connectivity index (χ1) is 39.0. The molecule has 0 fully saturated rings. The number of carbonyl (C=O) groups excluding carboxylic acids is 2. The molecule has 0 aromatic rings. The van der Waals surface area contributed by atoms with Crippen molar-refractivity contribution in [3.63, 3.8) is 0 Å². The van der Waals surface area contributed by atoms with E-state index >= 15 is 0 Å². The van der Waals surface area contributed by atoms with Gasteiger partial charge in [0.2, 0.25) is 5.91 Å². The van der Waals surface area contributed by atoms with Crippen molar-refractivity contribution >= 4 is 11.9 Å². The second-order valence-electron chi connectivity index (χ2n) is 24.6. The fourth-order valence-corrected chi connectivity index (χ4v) is 11.2. The molecule has 79 heavy (non-hydrogen) atoms. The van der Waals surface area contributed by atoms with Crippen molar-refractivity contribution in [3.8, 4) is 0 Å². The van der Waals surface area contributed by atoms with Gasteiger partial charge in [0, 0.05) is 12.8 Å². The molecule has 2 unspecified atom stereocenters. The third-order valence-electron chi connectivity index (χ3n) is 16.7. The van der Waals surface area contributed by atoms with E-state index in [0.29, 0.717) is 25.9 Å². The van der Waals surface area contributed by atoms with Crippen molar-refractivity contribution in [1.82, 2.24) is 5.32 Å². The van der Waals surface area contributed by atoms with E-state index in [4.69, 9.17) is 4.74 Å². The van der Waals surface area contributed by atoms with Crippen molar-refractivity contribution in [1.29, 1.82) is 0 Å². The highest BCUT2D eigenvalue weighted by Gasteiger charge is 2.20. The Balaban J connectivity index is 3.42. The average Bonchev–Trinajstić information content (AvgIpc) is 3.45. The molecule has 0 rings (SSSR count). The zero-order chi connectivity index (χ0) is 57.1. The molecule has 466 valence electrons. The van der Waals surface area contributed by atoms with Gasteiger partial charge >= 0.3 is 5.97 Å². The van der Waals surface area contributed by atoms with E-state index in [0.717, 1.165) is 51.4 Å². The minimum Gasteiger partial charge on any atom is -0.466 e. The number of nitrogens with one attached hydrogen (secondary N) is 1. The first-order valence-corrected chi connectivity index (χ1v) is 35.7. The second-order valence-corrected chi connectivity index (χ2v) is 24.6. The smallest absolute Gasteiger partial charge is 0.305 e. The Morgan fingerprint density at radius 1 is 0.354 bits per heavy atom. The summed E-state index contributed by atoms with van der Waals surface area (Å²) in [6, 6.07) is -0.547. The lowest BCUT2D eigenvalue weighted by atomic mass is 10.0. The predicted molar refractivity (Wildman–Crippen MR) is 347 cm³/mol. The van der Waals surface area contributed by atoms with E-state index in [-0.39, 0.29) is 18.5 Å². The van der Waals surface area contributed by atoms with Crippen molar-refractivity contribution in [2.24, 2.45) is 0 Å². The topological polar surface area (TPSA) is 95.9 Å². The lowest BCUT2D eigenvalue weighted by Crippen LogP contribution is -2.45. The molecule has 0 aliphatic heterocycles. The van der Waals surface area contributed by atoms with Crippen LogP contribution in [0, 0.1) is 0 Å². The third kappa shape index (κ3) is 65.1. The van der Waals surface area contributed by atoms with Gasteiger partial charge in [0.1, 0.15) is 0 Å². The quantitative estimate of drug-likeness (QED) is 0.0320. The molecule has 6 nitrogen and oxygen atoms in total. The molecule has 0 spiro atoms. The molecule has 2 atom stereocenters. The maximum atomic E-state index is 12.5. The summed E-state index contributed by atoms with van der Waals surface area (Å²) in [6.45, 7) is 4.97. The molecule has 1 amide bonds. The Hall–Kier alpha value is -1.92. The number of aliphatic hydroxyl groups excluding tert-OH is 2. The monoisotopic (exact) mass is 1110 g/mol. The number of carbonyl (C=O) groups is 2. The third-order valence-corrected chi connectivity index (χ3v) is 16.7. The zero-order valence-electron chi connectivity index (χ0n) is 53.4. The van der Waals surface area contributed by atoms with Gasteiger partial charge in [-0.05, 0) is 83.5 Å². The number of hydrogen-bond donors (Lipinski definition) is 3. The standard InChI is InChI=1S/C73H139NO5/c1-3-5-7-9-11-13-15-17-19-21-22-30-34-37-41-45-49-53-57-61-65-71(76)70(69-75)74-72(77)66-62-58-54-50-46-42-38-35-31-28-26-24-23-25-27-29-32-36-40-44-48-52-56-60-64-68-79-73(78)67-63-59-55-51-47-43-39-33-20-18-16-14-12-10-8-6-4-2/h18,20,24-27,70-71,75-76H,3-17,19,21-23,28-69H2,1-2H3,(H,74,77)/b20-18-,26-24-,27-25-. The number of ether oxygens (including phenoxy) is 1. The second kappa shape index (κ2) is 68.6. The molecule has 3 N–H and O–H groups in total. The Labute approximate surface area is 494 Å². The number of rotatable bonds is 67. The summed E-state index contributed by atoms with van der Waals surface area (Å²) in [5.74, 6) is -0.0312. The lowest BCUT2D eigenvalue weighted by Gasteiger charge is -2.22. The first-order valence-electron chi connectivity index (χ1n) is 35.7. The molecule has 0 aliphatic carbocycles. The van der Waals surface area contributed by atoms with E-state index in [1.165, 1.54) is 308 Å². The highest BCUT2D eigenvalue weighted by Crippen LogP contribution is 2.18. The minimum atomic E-state index is -0.670. The summed E-state index contributed by atoms with van der Waals surface area (Å²) in [4.78, 5) is 24.6. The number of unbranched alkanes of at least 4 members (excludes halogenated alkanes) is 50. The highest BCUT2D eigenvalue weighted by atomic mass is 16.5. The SMILES string of the molecule is CCCCCCCC/C=C\CCCCCCCCCC(=O)OCCCCCCCCCCC/C=C\C/C=C\CCCCCCCCCCCC(=O)NC(CO)C(O)CCCCCCCCCCCCCCCCCCCCCC. The van der Waals surface area contributed by atoms with E-state index in [2.05, 4.69) is 55.6 Å². The molecule has 0 radical (unpaired) electrons. The molecule has 0 aromatic carbocycles. The first kappa shape index (κ1) is 77.1. The van der Waals surface area contributed by atoms with Crippen LogP contribution in [0.15, 0.2) is 36.5 Å². The van der Waals surface area contributed by atoms with Gasteiger partial charge in [0.15, 0.2) is 0 Å². The number of aliphatic hydroxyl groups is 2. The van der Waals surface area contributed by atoms with Crippen molar-refractivity contribution in [3.05, 3.63) is 36.5 Å². The van der Waals surface area contributed by atoms with Gasteiger partial charge in [-0.1, -0.05) is 333 Å². The summed E-state index contributed by atoms with van der Waals surface area (Å²) in [7, 11) is 0. The fraction of sp³-hybridized carbons (Fsp3) is 0.890. The van der Waals surface area contributed by atoms with Crippen molar-refractivity contribution in [2.45, 2.75) is 405 Å². The largest absolute Gasteiger partial charge is 0.466 e. The van der Waals surface area contributed by atoms with Crippen LogP contribution in [0.1, 0.15) is 393 Å². The molecule has 0 aromatic heterocycles. The van der Waals surface area contributed by atoms with Crippen LogP contribution in [-0.4, -0.2) is 47.4 Å². The summed E-state index contributed by atoms with van der Waals surface area (Å²) < 4.78 is 5.50. The minimum absolute atomic E-state index is 0.00631. The molecule has 0 saturated heterocycles. The number of allylic oxidation sites excluding steroid dienone is 6. The van der Waals surface area contributed by atoms with Crippen LogP contribution in [0.4, 0.5) is 0 Å². The van der Waals surface area contributed by atoms with E-state index < -0.39 is 12.1 Å². The van der Waals surface area contributed by atoms with Crippen LogP contribution in [0.5, 0.6) is 0 Å². The van der Waals surface area contributed by atoms with Crippen LogP contribution < -0.4 is 5.32 Å². The van der Waals surface area contributed by atoms with Crippen LogP contribution >= 0.6 is 0 Å². The van der Waals surface area contributed by atoms with Gasteiger partial charge in [0.25, 0.3) is 0 Å². The molecule has 6 heteroatoms. The van der Waals surface area contributed by atoms with Crippen molar-refractivity contribution < 1.29 is 24.5 Å². The molecular formula is C73H139NO5. The lowest BCUT2D eigenvalue weighted by molar-refractivity contribution is -0.143. The average molecular weight is 1110 g/mol. The van der Waals surface area contributed by atoms with Crippen LogP contribution in [0.3, 0.4) is 0 Å². The normalized spacial score (nSPS) is 12.7. The summed E-state index contributed by atoms with van der Waals surface area (Å²) >= 11 is 0. The summed E-state index contributed by atoms with van der Waals surface area (Å²) in [6.07, 6.45) is 87.6. The van der Waals surface area contributed by atoms with Gasteiger partial charge in [0.05, 0.1) is 25.4 Å². The fourth-order valence-electron chi connectivity index (χ4n) is 11.2. The van der Waals surface area contributed by atoms with Gasteiger partial charge in [-0.25, -0.2) is 0 Å². The highest BCUT2D eigenvalue weighted by molar-refractivity contribution is 5.76. The van der Waals surface area contributed by atoms with E-state index in [9.17, 15) is 19.8 Å². The summed E-state index contributed by atoms with van der Waals surface area (Å²) in [5, 5.41) is 23.4. The Morgan fingerprint density at radius 3 is 0.975 bits per heavy atom. The molecule has 0 heterocycles. The van der Waals surface area contributed by atoms with Crippen LogP contribution in [-0.2, 0) is 14.3 Å². The predicted octanol–water partition coefficient (Wildman–Crippen LogP) is 23.1. The molecule has 0 saturated carbocycles. The molecular weight excluding hydrogens is 971 g/mol. The maximum Gasteiger partial charge on any atom is 0.305 e. The molecule has 0 bridgehead atoms. The van der Waals surface area contributed by atoms with Crippen molar-refractivity contribution in [2.75, 3.05) is 13.2 Å². The number of amides is 1. The Kier molecular flexibility index (Phi) is 66.9. The maximum absolute atomic E-state index is 12.5. The van der Waals surface area contributed by atoms with Crippen LogP contribution in [0.2, 0.25) is 0 Å². The summed E-state index contributed by atoms with van der Waals surface area (Å²) in [5.41, 5.74) is 0. The van der Waals surface area contributed by atoms with E-state index in [1.807, 2.05) is 0 Å². The Bertz CT molecular complexity index is 1280. The number of esters is 1. The van der Waals surface area contributed by atoms with Gasteiger partial charge in [-0.2, -0.15) is 0 Å². The van der Waals surface area contributed by atoms with Gasteiger partial charge < -0.3 is 20.3 Å². The zero-order valence-corrected chi connectivity index (χ0v) is 53.4. The van der Waals surface area contributed by atoms with E-state index in [1.54, 1.807) is 0 Å².